The molecule has 12 nitrogen and oxygen atoms in total. The number of hydrogen-bond donors (Lipinski definition) is 3. The zero-order valence-corrected chi connectivity index (χ0v) is 10.7. The minimum absolute atomic E-state index is 0.969. The molecule has 22 heavy (non-hydrogen) atoms. The maximum atomic E-state index is 11.5. The van der Waals surface area contributed by atoms with Gasteiger partial charge in [-0.05, 0) is 0 Å². The lowest BCUT2D eigenvalue weighted by molar-refractivity contribution is -0.283. The van der Waals surface area contributed by atoms with E-state index >= 15 is 0 Å². The normalized spacial score (nSPS) is 27.5. The fourth-order valence-corrected chi connectivity index (χ4v) is 1.31. The Balaban J connectivity index is 2.98. The van der Waals surface area contributed by atoms with Crippen LogP contribution >= 0.6 is 0 Å². The van der Waals surface area contributed by atoms with Gasteiger partial charge in [-0.3, -0.25) is 4.79 Å². The molecule has 0 spiro atoms. The Bertz CT molecular complexity index is 510. The molecule has 122 valence electrons. The second-order valence-corrected chi connectivity index (χ2v) is 4.18. The van der Waals surface area contributed by atoms with Gasteiger partial charge in [0.2, 0.25) is 0 Å². The number of hydrogen-bond acceptors (Lipinski definition) is 11. The first-order chi connectivity index (χ1) is 10.1. The van der Waals surface area contributed by atoms with Crippen molar-refractivity contribution in [3.63, 3.8) is 0 Å². The van der Waals surface area contributed by atoms with Crippen LogP contribution in [0.2, 0.25) is 0 Å². The second kappa shape index (κ2) is 6.82. The number of aliphatic hydroxyl groups is 2. The summed E-state index contributed by atoms with van der Waals surface area (Å²) in [7, 11) is 0. The Morgan fingerprint density at radius 1 is 1.09 bits per heavy atom. The van der Waals surface area contributed by atoms with Crippen LogP contribution in [0.15, 0.2) is 0 Å². The first-order valence-corrected chi connectivity index (χ1v) is 5.59. The summed E-state index contributed by atoms with van der Waals surface area (Å²) in [5.74, 6) is -7.89. The fourth-order valence-electron chi connectivity index (χ4n) is 1.31. The highest BCUT2D eigenvalue weighted by Crippen LogP contribution is 2.20. The molecular weight excluding hydrogens is 312 g/mol. The molecule has 0 aromatic rings. The molecule has 0 aromatic carbocycles. The highest BCUT2D eigenvalue weighted by Gasteiger charge is 2.45. The zero-order valence-electron chi connectivity index (χ0n) is 10.7. The van der Waals surface area contributed by atoms with Crippen molar-refractivity contribution in [1.82, 2.24) is 0 Å². The average Bonchev–Trinajstić information content (AvgIpc) is 2.40. The van der Waals surface area contributed by atoms with Gasteiger partial charge in [0.15, 0.2) is 11.7 Å². The summed E-state index contributed by atoms with van der Waals surface area (Å²) in [6.07, 6.45) is -5.63. The molecule has 2 atom stereocenters. The highest BCUT2D eigenvalue weighted by atomic mass is 17.2. The van der Waals surface area contributed by atoms with Crippen LogP contribution in [0.25, 0.3) is 0 Å². The molecule has 1 aliphatic heterocycles. The van der Waals surface area contributed by atoms with Gasteiger partial charge in [-0.25, -0.2) is 38.7 Å². The third-order valence-electron chi connectivity index (χ3n) is 2.32. The smallest absolute Gasteiger partial charge is 0.387 e. The van der Waals surface area contributed by atoms with E-state index < -0.39 is 60.8 Å². The zero-order chi connectivity index (χ0) is 16.9. The number of rotatable bonds is 2. The van der Waals surface area contributed by atoms with E-state index in [4.69, 9.17) is 5.11 Å². The van der Waals surface area contributed by atoms with E-state index in [0.29, 0.717) is 0 Å². The van der Waals surface area contributed by atoms with Gasteiger partial charge in [0.25, 0.3) is 0 Å². The van der Waals surface area contributed by atoms with Gasteiger partial charge in [-0.2, -0.15) is 0 Å². The first-order valence-electron chi connectivity index (χ1n) is 5.59. The predicted octanol–water partition coefficient (Wildman–Crippen LogP) is -2.65. The van der Waals surface area contributed by atoms with E-state index in [2.05, 4.69) is 19.6 Å². The van der Waals surface area contributed by atoms with Crippen LogP contribution in [-0.4, -0.2) is 56.9 Å². The molecule has 0 radical (unpaired) electrons. The molecular formula is C10H10O12. The molecule has 0 aromatic heterocycles. The van der Waals surface area contributed by atoms with Crippen LogP contribution in [0, 0.1) is 0 Å². The van der Waals surface area contributed by atoms with Crippen molar-refractivity contribution in [3.05, 3.63) is 0 Å². The second-order valence-electron chi connectivity index (χ2n) is 4.18. The fraction of sp³-hybridized carbons (Fsp3) is 0.500. The third-order valence-corrected chi connectivity index (χ3v) is 2.32. The third kappa shape index (κ3) is 4.68. The molecule has 1 heterocycles. The van der Waals surface area contributed by atoms with Gasteiger partial charge in [0.1, 0.15) is 0 Å². The van der Waals surface area contributed by atoms with E-state index in [-0.39, 0.29) is 0 Å². The van der Waals surface area contributed by atoms with Crippen molar-refractivity contribution in [2.45, 2.75) is 31.0 Å². The first kappa shape index (κ1) is 17.3. The summed E-state index contributed by atoms with van der Waals surface area (Å²) in [5, 5.41) is 27.6. The van der Waals surface area contributed by atoms with Crippen molar-refractivity contribution in [1.29, 1.82) is 0 Å². The van der Waals surface area contributed by atoms with Crippen molar-refractivity contribution in [2.75, 3.05) is 0 Å². The van der Waals surface area contributed by atoms with Gasteiger partial charge in [-0.15, -0.1) is 0 Å². The minimum atomic E-state index is -2.94. The molecule has 3 N–H and O–H groups in total. The summed E-state index contributed by atoms with van der Waals surface area (Å²) in [5.41, 5.74) is -2.94. The summed E-state index contributed by atoms with van der Waals surface area (Å²) in [4.78, 5) is 71.2. The van der Waals surface area contributed by atoms with Crippen LogP contribution in [0.5, 0.6) is 0 Å². The van der Waals surface area contributed by atoms with Crippen LogP contribution in [0.3, 0.4) is 0 Å². The lowest BCUT2D eigenvalue weighted by atomic mass is 9.96. The van der Waals surface area contributed by atoms with Gasteiger partial charge in [-0.1, -0.05) is 0 Å². The Morgan fingerprint density at radius 3 is 2.27 bits per heavy atom. The van der Waals surface area contributed by atoms with Crippen LogP contribution in [0.4, 0.5) is 0 Å². The summed E-state index contributed by atoms with van der Waals surface area (Å²) < 4.78 is 0. The Hall–Kier alpha value is -2.73. The average molecular weight is 322 g/mol. The van der Waals surface area contributed by atoms with E-state index in [1.54, 1.807) is 0 Å². The molecule has 0 bridgehead atoms. The molecule has 12 heteroatoms. The molecule has 0 aliphatic carbocycles. The molecule has 1 saturated heterocycles. The lowest BCUT2D eigenvalue weighted by Crippen LogP contribution is -2.45. The number of carboxylic acids is 1. The molecule has 2 unspecified atom stereocenters. The largest absolute Gasteiger partial charge is 0.481 e. The summed E-state index contributed by atoms with van der Waals surface area (Å²) >= 11 is 0. The summed E-state index contributed by atoms with van der Waals surface area (Å²) in [6, 6.07) is 0. The predicted molar refractivity (Wildman–Crippen MR) is 56.8 cm³/mol. The maximum absolute atomic E-state index is 11.5. The maximum Gasteiger partial charge on any atom is 0.387 e. The van der Waals surface area contributed by atoms with E-state index in [1.807, 2.05) is 0 Å². The Labute approximate surface area is 121 Å². The van der Waals surface area contributed by atoms with Crippen molar-refractivity contribution < 1.29 is 58.8 Å². The van der Waals surface area contributed by atoms with E-state index in [9.17, 15) is 34.2 Å². The van der Waals surface area contributed by atoms with Crippen molar-refractivity contribution in [3.8, 4) is 0 Å². The number of carbonyl (C=O) groups excluding carboxylic acids is 4. The van der Waals surface area contributed by atoms with E-state index in [1.165, 1.54) is 0 Å². The Morgan fingerprint density at radius 2 is 1.68 bits per heavy atom. The molecule has 1 rings (SSSR count). The topological polar surface area (TPSA) is 183 Å². The quantitative estimate of drug-likeness (QED) is 0.449. The van der Waals surface area contributed by atoms with Crippen molar-refractivity contribution in [2.24, 2.45) is 0 Å². The number of carbonyl (C=O) groups is 5. The number of aliphatic carboxylic acids is 1. The van der Waals surface area contributed by atoms with Crippen LogP contribution in [0.1, 0.15) is 19.3 Å². The minimum Gasteiger partial charge on any atom is -0.481 e. The van der Waals surface area contributed by atoms with Crippen LogP contribution in [-0.2, 0) is 43.5 Å². The van der Waals surface area contributed by atoms with Gasteiger partial charge in [0.05, 0.1) is 19.3 Å². The highest BCUT2D eigenvalue weighted by molar-refractivity contribution is 5.90. The number of aliphatic hydroxyl groups excluding tert-OH is 1. The van der Waals surface area contributed by atoms with Gasteiger partial charge < -0.3 is 15.3 Å². The SMILES string of the molecule is O=C(O)CC1(O)CC(=O)OOC(=O)CC(O)C(=O)OOC1=O. The van der Waals surface area contributed by atoms with Crippen molar-refractivity contribution >= 4 is 29.8 Å². The molecule has 1 fully saturated rings. The number of carboxylic acid groups (broad SMARTS) is 1. The molecule has 1 aliphatic rings. The van der Waals surface area contributed by atoms with Gasteiger partial charge >= 0.3 is 29.8 Å². The molecule has 0 amide bonds. The van der Waals surface area contributed by atoms with Gasteiger partial charge in [0, 0.05) is 0 Å². The molecule has 0 saturated carbocycles. The monoisotopic (exact) mass is 322 g/mol. The van der Waals surface area contributed by atoms with E-state index in [0.717, 1.165) is 0 Å². The standard InChI is InChI=1S/C10H10O12/c11-4-1-6(14)19-20-7(15)3-10(18,2-5(12)13)9(17)22-21-8(4)16/h4,11,18H,1-3H2,(H,12,13). The Kier molecular flexibility index (Phi) is 5.37. The summed E-state index contributed by atoms with van der Waals surface area (Å²) in [6.45, 7) is 0. The van der Waals surface area contributed by atoms with Crippen LogP contribution < -0.4 is 0 Å². The lowest BCUT2D eigenvalue weighted by Gasteiger charge is -2.22.